The van der Waals surface area contributed by atoms with Crippen molar-refractivity contribution in [1.82, 2.24) is 9.71 Å². The molecular formula is C12H17N3O2S. The van der Waals surface area contributed by atoms with Crippen LogP contribution in [0, 0.1) is 17.2 Å². The average Bonchev–Trinajstić information content (AvgIpc) is 2.27. The third-order valence-electron chi connectivity index (χ3n) is 2.34. The molecule has 0 radical (unpaired) electrons. The van der Waals surface area contributed by atoms with E-state index in [1.54, 1.807) is 0 Å². The van der Waals surface area contributed by atoms with Crippen molar-refractivity contribution in [3.8, 4) is 6.07 Å². The predicted molar refractivity (Wildman–Crippen MR) is 68.2 cm³/mol. The zero-order chi connectivity index (χ0) is 13.8. The monoisotopic (exact) mass is 267 g/mol. The Kier molecular flexibility index (Phi) is 4.82. The third kappa shape index (κ3) is 4.09. The van der Waals surface area contributed by atoms with Gasteiger partial charge in [0.15, 0.2) is 0 Å². The third-order valence-corrected chi connectivity index (χ3v) is 3.92. The number of nitrogens with zero attached hydrogens (tertiary/aromatic N) is 2. The Hall–Kier alpha value is -1.45. The van der Waals surface area contributed by atoms with E-state index in [0.717, 1.165) is 6.42 Å². The zero-order valence-corrected chi connectivity index (χ0v) is 11.5. The van der Waals surface area contributed by atoms with Crippen molar-refractivity contribution >= 4 is 10.0 Å². The Labute approximate surface area is 108 Å². The standard InChI is InChI=1S/C12H17N3O2S/c1-9(2)6-10(3)15-18(16,17)12-5-4-11(7-13)14-8-12/h4-5,8-10,15H,6H2,1-3H3. The molecule has 1 aromatic heterocycles. The first kappa shape index (κ1) is 14.6. The van der Waals surface area contributed by atoms with Gasteiger partial charge in [-0.25, -0.2) is 18.1 Å². The summed E-state index contributed by atoms with van der Waals surface area (Å²) >= 11 is 0. The van der Waals surface area contributed by atoms with Gasteiger partial charge in [0.25, 0.3) is 0 Å². The molecule has 1 rings (SSSR count). The molecule has 0 fully saturated rings. The fraction of sp³-hybridized carbons (Fsp3) is 0.500. The minimum atomic E-state index is -3.55. The molecule has 0 aromatic carbocycles. The lowest BCUT2D eigenvalue weighted by atomic mass is 10.1. The van der Waals surface area contributed by atoms with Crippen molar-refractivity contribution in [1.29, 1.82) is 5.26 Å². The maximum absolute atomic E-state index is 12.0. The Bertz CT molecular complexity index is 529. The van der Waals surface area contributed by atoms with Crippen molar-refractivity contribution in [2.75, 3.05) is 0 Å². The molecule has 6 heteroatoms. The summed E-state index contributed by atoms with van der Waals surface area (Å²) in [5.74, 6) is 0.418. The van der Waals surface area contributed by atoms with E-state index in [1.165, 1.54) is 18.3 Å². The molecule has 0 saturated carbocycles. The lowest BCUT2D eigenvalue weighted by Crippen LogP contribution is -2.33. The summed E-state index contributed by atoms with van der Waals surface area (Å²) in [5.41, 5.74) is 0.198. The Morgan fingerprint density at radius 3 is 2.50 bits per heavy atom. The molecular weight excluding hydrogens is 250 g/mol. The second-order valence-corrected chi connectivity index (χ2v) is 6.36. The van der Waals surface area contributed by atoms with E-state index >= 15 is 0 Å². The van der Waals surface area contributed by atoms with Crippen molar-refractivity contribution < 1.29 is 8.42 Å². The first-order chi connectivity index (χ1) is 8.35. The van der Waals surface area contributed by atoms with Gasteiger partial charge in [-0.15, -0.1) is 0 Å². The summed E-state index contributed by atoms with van der Waals surface area (Å²) in [5, 5.41) is 8.60. The molecule has 0 amide bonds. The minimum Gasteiger partial charge on any atom is -0.244 e. The summed E-state index contributed by atoms with van der Waals surface area (Å²) in [6, 6.07) is 4.49. The molecule has 0 aliphatic carbocycles. The minimum absolute atomic E-state index is 0.0807. The quantitative estimate of drug-likeness (QED) is 0.879. The molecule has 98 valence electrons. The van der Waals surface area contributed by atoms with Crippen molar-refractivity contribution in [2.45, 2.75) is 38.1 Å². The Morgan fingerprint density at radius 2 is 2.06 bits per heavy atom. The van der Waals surface area contributed by atoms with Crippen LogP contribution in [-0.2, 0) is 10.0 Å². The zero-order valence-electron chi connectivity index (χ0n) is 10.7. The van der Waals surface area contributed by atoms with E-state index in [-0.39, 0.29) is 16.6 Å². The highest BCUT2D eigenvalue weighted by molar-refractivity contribution is 7.89. The maximum atomic E-state index is 12.0. The molecule has 5 nitrogen and oxygen atoms in total. The molecule has 1 aromatic rings. The lowest BCUT2D eigenvalue weighted by molar-refractivity contribution is 0.482. The van der Waals surface area contributed by atoms with Crippen molar-refractivity contribution in [3.05, 3.63) is 24.0 Å². The highest BCUT2D eigenvalue weighted by Gasteiger charge is 2.18. The van der Waals surface area contributed by atoms with Gasteiger partial charge in [0.2, 0.25) is 10.0 Å². The van der Waals surface area contributed by atoms with Crippen LogP contribution >= 0.6 is 0 Å². The van der Waals surface area contributed by atoms with Crippen LogP contribution in [0.2, 0.25) is 0 Å². The van der Waals surface area contributed by atoms with Gasteiger partial charge in [0.05, 0.1) is 0 Å². The second-order valence-electron chi connectivity index (χ2n) is 4.64. The van der Waals surface area contributed by atoms with Gasteiger partial charge in [0, 0.05) is 12.2 Å². The highest BCUT2D eigenvalue weighted by atomic mass is 32.2. The molecule has 0 aliphatic heterocycles. The van der Waals surface area contributed by atoms with Gasteiger partial charge in [-0.1, -0.05) is 13.8 Å². The molecule has 1 heterocycles. The van der Waals surface area contributed by atoms with Gasteiger partial charge in [-0.2, -0.15) is 5.26 Å². The first-order valence-corrected chi connectivity index (χ1v) is 7.22. The van der Waals surface area contributed by atoms with Crippen LogP contribution in [0.4, 0.5) is 0 Å². The van der Waals surface area contributed by atoms with Crippen molar-refractivity contribution in [3.63, 3.8) is 0 Å². The normalized spacial score (nSPS) is 13.3. The van der Waals surface area contributed by atoms with Crippen LogP contribution in [-0.4, -0.2) is 19.4 Å². The summed E-state index contributed by atoms with van der Waals surface area (Å²) in [6.07, 6.45) is 1.96. The summed E-state index contributed by atoms with van der Waals surface area (Å²) in [7, 11) is -3.55. The van der Waals surface area contributed by atoms with E-state index in [9.17, 15) is 8.42 Å². The molecule has 0 spiro atoms. The average molecular weight is 267 g/mol. The SMILES string of the molecule is CC(C)CC(C)NS(=O)(=O)c1ccc(C#N)nc1. The number of hydrogen-bond donors (Lipinski definition) is 1. The number of sulfonamides is 1. The van der Waals surface area contributed by atoms with E-state index in [1.807, 2.05) is 26.8 Å². The van der Waals surface area contributed by atoms with Crippen LogP contribution in [0.1, 0.15) is 32.9 Å². The molecule has 0 saturated heterocycles. The van der Waals surface area contributed by atoms with Gasteiger partial charge in [-0.3, -0.25) is 0 Å². The maximum Gasteiger partial charge on any atom is 0.242 e. The fourth-order valence-electron chi connectivity index (χ4n) is 1.69. The topological polar surface area (TPSA) is 82.9 Å². The van der Waals surface area contributed by atoms with Crippen LogP contribution < -0.4 is 4.72 Å². The highest BCUT2D eigenvalue weighted by Crippen LogP contribution is 2.11. The lowest BCUT2D eigenvalue weighted by Gasteiger charge is -2.15. The van der Waals surface area contributed by atoms with Crippen LogP contribution in [0.25, 0.3) is 0 Å². The van der Waals surface area contributed by atoms with Gasteiger partial charge in [0.1, 0.15) is 16.7 Å². The largest absolute Gasteiger partial charge is 0.244 e. The number of pyridine rings is 1. The van der Waals surface area contributed by atoms with E-state index in [2.05, 4.69) is 9.71 Å². The van der Waals surface area contributed by atoms with Crippen LogP contribution in [0.3, 0.4) is 0 Å². The Morgan fingerprint density at radius 1 is 1.39 bits per heavy atom. The van der Waals surface area contributed by atoms with Gasteiger partial charge in [-0.05, 0) is 31.4 Å². The number of aromatic nitrogens is 1. The number of nitrogens with one attached hydrogen (secondary N) is 1. The van der Waals surface area contributed by atoms with Crippen LogP contribution in [0.15, 0.2) is 23.2 Å². The predicted octanol–water partition coefficient (Wildman–Crippen LogP) is 1.67. The molecule has 1 N–H and O–H groups in total. The summed E-state index contributed by atoms with van der Waals surface area (Å²) in [4.78, 5) is 3.83. The van der Waals surface area contributed by atoms with E-state index in [4.69, 9.17) is 5.26 Å². The van der Waals surface area contributed by atoms with E-state index in [0.29, 0.717) is 5.92 Å². The van der Waals surface area contributed by atoms with Crippen LogP contribution in [0.5, 0.6) is 0 Å². The second kappa shape index (κ2) is 5.94. The summed E-state index contributed by atoms with van der Waals surface area (Å²) < 4.78 is 26.6. The number of rotatable bonds is 5. The molecule has 18 heavy (non-hydrogen) atoms. The first-order valence-electron chi connectivity index (χ1n) is 5.73. The molecule has 0 bridgehead atoms. The smallest absolute Gasteiger partial charge is 0.242 e. The fourth-order valence-corrected chi connectivity index (χ4v) is 2.89. The summed E-state index contributed by atoms with van der Waals surface area (Å²) in [6.45, 7) is 5.90. The number of nitriles is 1. The molecule has 1 unspecified atom stereocenters. The number of hydrogen-bond acceptors (Lipinski definition) is 4. The van der Waals surface area contributed by atoms with Gasteiger partial charge < -0.3 is 0 Å². The Balaban J connectivity index is 2.83. The molecule has 1 atom stereocenters. The van der Waals surface area contributed by atoms with Crippen molar-refractivity contribution in [2.24, 2.45) is 5.92 Å². The molecule has 0 aliphatic rings. The van der Waals surface area contributed by atoms with E-state index < -0.39 is 10.0 Å². The van der Waals surface area contributed by atoms with Gasteiger partial charge >= 0.3 is 0 Å².